The molecular formula is C15H21N3O2S. The van der Waals surface area contributed by atoms with Gasteiger partial charge in [0.15, 0.2) is 0 Å². The lowest BCUT2D eigenvalue weighted by Crippen LogP contribution is -2.53. The predicted molar refractivity (Wildman–Crippen MR) is 83.8 cm³/mol. The van der Waals surface area contributed by atoms with E-state index in [1.54, 1.807) is 0 Å². The van der Waals surface area contributed by atoms with E-state index < -0.39 is 11.7 Å². The molecule has 21 heavy (non-hydrogen) atoms. The first kappa shape index (κ1) is 14.7. The van der Waals surface area contributed by atoms with Gasteiger partial charge in [-0.2, -0.15) is 8.75 Å². The first-order chi connectivity index (χ1) is 9.97. The highest BCUT2D eigenvalue weighted by atomic mass is 32.1. The molecule has 2 atom stereocenters. The molecule has 1 aromatic carbocycles. The lowest BCUT2D eigenvalue weighted by molar-refractivity contribution is -0.0917. The van der Waals surface area contributed by atoms with E-state index in [9.17, 15) is 5.11 Å². The second-order valence-corrected chi connectivity index (χ2v) is 6.49. The lowest BCUT2D eigenvalue weighted by atomic mass is 9.85. The van der Waals surface area contributed by atoms with Crippen molar-refractivity contribution in [2.45, 2.75) is 45.4 Å². The van der Waals surface area contributed by atoms with Crippen LogP contribution in [0.5, 0.6) is 5.75 Å². The fourth-order valence-corrected chi connectivity index (χ4v) is 3.56. The van der Waals surface area contributed by atoms with E-state index in [2.05, 4.69) is 27.5 Å². The second-order valence-electron chi connectivity index (χ2n) is 5.96. The third-order valence-corrected chi connectivity index (χ3v) is 4.85. The van der Waals surface area contributed by atoms with Gasteiger partial charge in [-0.25, -0.2) is 0 Å². The molecule has 0 aliphatic carbocycles. The van der Waals surface area contributed by atoms with Gasteiger partial charge < -0.3 is 9.84 Å². The number of ether oxygens (including phenoxy) is 1. The average Bonchev–Trinajstić information content (AvgIpc) is 2.89. The summed E-state index contributed by atoms with van der Waals surface area (Å²) in [5.41, 5.74) is 2.10. The van der Waals surface area contributed by atoms with Gasteiger partial charge in [0.1, 0.15) is 28.5 Å². The highest BCUT2D eigenvalue weighted by Gasteiger charge is 2.45. The van der Waals surface area contributed by atoms with Gasteiger partial charge in [0, 0.05) is 11.6 Å². The number of aromatic nitrogens is 2. The van der Waals surface area contributed by atoms with Gasteiger partial charge in [0.2, 0.25) is 0 Å². The van der Waals surface area contributed by atoms with Gasteiger partial charge in [0.25, 0.3) is 0 Å². The van der Waals surface area contributed by atoms with Gasteiger partial charge >= 0.3 is 0 Å². The number of rotatable bonds is 3. The smallest absolute Gasteiger partial charge is 0.131 e. The van der Waals surface area contributed by atoms with E-state index in [-0.39, 0.29) is 6.04 Å². The Morgan fingerprint density at radius 1 is 1.24 bits per heavy atom. The molecule has 3 rings (SSSR count). The number of benzene rings is 1. The van der Waals surface area contributed by atoms with Crippen LogP contribution < -0.4 is 4.74 Å². The molecule has 0 saturated heterocycles. The quantitative estimate of drug-likeness (QED) is 0.944. The molecule has 6 heteroatoms. The van der Waals surface area contributed by atoms with Crippen LogP contribution in [0.2, 0.25) is 0 Å². The summed E-state index contributed by atoms with van der Waals surface area (Å²) in [5.74, 6) is 0.808. The molecule has 5 nitrogen and oxygen atoms in total. The summed E-state index contributed by atoms with van der Waals surface area (Å²) in [4.78, 5) is 2.26. The minimum Gasteiger partial charge on any atom is -0.485 e. The van der Waals surface area contributed by atoms with E-state index in [1.165, 1.54) is 11.7 Å². The van der Waals surface area contributed by atoms with Crippen molar-refractivity contribution in [2.75, 3.05) is 13.1 Å². The zero-order valence-electron chi connectivity index (χ0n) is 12.8. The Hall–Kier alpha value is -1.24. The Labute approximate surface area is 128 Å². The largest absolute Gasteiger partial charge is 0.485 e. The first-order valence-electron chi connectivity index (χ1n) is 7.35. The summed E-state index contributed by atoms with van der Waals surface area (Å²) >= 11 is 1.20. The summed E-state index contributed by atoms with van der Waals surface area (Å²) in [6.07, 6.45) is -0.589. The Kier molecular flexibility index (Phi) is 3.63. The second kappa shape index (κ2) is 5.19. The predicted octanol–water partition coefficient (Wildman–Crippen LogP) is 2.61. The molecule has 2 unspecified atom stereocenters. The minimum atomic E-state index is -0.628. The lowest BCUT2D eigenvalue weighted by Gasteiger charge is -2.46. The van der Waals surface area contributed by atoms with Crippen molar-refractivity contribution >= 4 is 22.8 Å². The molecule has 0 radical (unpaired) electrons. The normalized spacial score (nSPS) is 24.1. The maximum absolute atomic E-state index is 10.8. The van der Waals surface area contributed by atoms with Crippen LogP contribution in [0, 0.1) is 0 Å². The van der Waals surface area contributed by atoms with Crippen LogP contribution in [0.4, 0.5) is 0 Å². The molecule has 114 valence electrons. The fourth-order valence-electron chi connectivity index (χ4n) is 3.06. The maximum atomic E-state index is 10.8. The molecule has 2 aromatic rings. The van der Waals surface area contributed by atoms with E-state index in [0.29, 0.717) is 0 Å². The Balaban J connectivity index is 2.18. The highest BCUT2D eigenvalue weighted by molar-refractivity contribution is 7.00. The summed E-state index contributed by atoms with van der Waals surface area (Å²) in [6, 6.07) is 3.87. The Morgan fingerprint density at radius 3 is 2.48 bits per heavy atom. The standard InChI is InChI=1S/C15H21N3O2S/c1-5-18(6-2)13-9-7-10-11(17-21-16-10)8-12(9)20-15(3,4)14(13)19/h7-8,13-14,19H,5-6H2,1-4H3. The van der Waals surface area contributed by atoms with Crippen molar-refractivity contribution in [1.82, 2.24) is 13.6 Å². The van der Waals surface area contributed by atoms with Crippen molar-refractivity contribution in [3.05, 3.63) is 17.7 Å². The van der Waals surface area contributed by atoms with Crippen molar-refractivity contribution in [1.29, 1.82) is 0 Å². The van der Waals surface area contributed by atoms with Gasteiger partial charge in [-0.15, -0.1) is 0 Å². The highest BCUT2D eigenvalue weighted by Crippen LogP contribution is 2.44. The topological polar surface area (TPSA) is 58.5 Å². The molecular weight excluding hydrogens is 286 g/mol. The van der Waals surface area contributed by atoms with Gasteiger partial charge in [-0.1, -0.05) is 13.8 Å². The van der Waals surface area contributed by atoms with Crippen molar-refractivity contribution < 1.29 is 9.84 Å². The monoisotopic (exact) mass is 307 g/mol. The molecule has 0 saturated carbocycles. The molecule has 1 aliphatic heterocycles. The van der Waals surface area contributed by atoms with Gasteiger partial charge in [-0.05, 0) is 33.0 Å². The summed E-state index contributed by atoms with van der Waals surface area (Å²) in [7, 11) is 0. The number of aliphatic hydroxyl groups is 1. The number of hydrogen-bond acceptors (Lipinski definition) is 6. The van der Waals surface area contributed by atoms with Crippen LogP contribution >= 0.6 is 11.7 Å². The van der Waals surface area contributed by atoms with Gasteiger partial charge in [0.05, 0.1) is 17.8 Å². The van der Waals surface area contributed by atoms with Crippen LogP contribution in [0.1, 0.15) is 39.3 Å². The number of aliphatic hydroxyl groups excluding tert-OH is 1. The van der Waals surface area contributed by atoms with E-state index in [1.807, 2.05) is 26.0 Å². The molecule has 1 N–H and O–H groups in total. The number of hydrogen-bond donors (Lipinski definition) is 1. The SMILES string of the molecule is CCN(CC)C1c2cc3nsnc3cc2OC(C)(C)C1O. The Bertz CT molecular complexity index is 651. The molecule has 1 aromatic heterocycles. The van der Waals surface area contributed by atoms with E-state index in [0.717, 1.165) is 35.4 Å². The van der Waals surface area contributed by atoms with Crippen LogP contribution in [0.25, 0.3) is 11.0 Å². The van der Waals surface area contributed by atoms with E-state index in [4.69, 9.17) is 4.74 Å². The maximum Gasteiger partial charge on any atom is 0.131 e. The number of fused-ring (bicyclic) bond motifs is 2. The molecule has 0 spiro atoms. The van der Waals surface area contributed by atoms with Crippen LogP contribution in [0.3, 0.4) is 0 Å². The molecule has 0 bridgehead atoms. The van der Waals surface area contributed by atoms with E-state index >= 15 is 0 Å². The van der Waals surface area contributed by atoms with Crippen molar-refractivity contribution in [3.8, 4) is 5.75 Å². The van der Waals surface area contributed by atoms with Crippen LogP contribution in [-0.2, 0) is 0 Å². The number of nitrogens with zero attached hydrogens (tertiary/aromatic N) is 3. The third kappa shape index (κ3) is 2.31. The zero-order valence-corrected chi connectivity index (χ0v) is 13.6. The molecule has 0 fully saturated rings. The van der Waals surface area contributed by atoms with Crippen molar-refractivity contribution in [3.63, 3.8) is 0 Å². The average molecular weight is 307 g/mol. The molecule has 2 heterocycles. The molecule has 0 amide bonds. The fraction of sp³-hybridized carbons (Fsp3) is 0.600. The van der Waals surface area contributed by atoms with Crippen LogP contribution in [-0.4, -0.2) is 43.5 Å². The number of likely N-dealkylation sites (N-methyl/N-ethyl adjacent to an activating group) is 1. The third-order valence-electron chi connectivity index (χ3n) is 4.29. The van der Waals surface area contributed by atoms with Crippen LogP contribution in [0.15, 0.2) is 12.1 Å². The van der Waals surface area contributed by atoms with Gasteiger partial charge in [-0.3, -0.25) is 4.90 Å². The molecule has 1 aliphatic rings. The Morgan fingerprint density at radius 2 is 1.86 bits per heavy atom. The first-order valence-corrected chi connectivity index (χ1v) is 8.08. The minimum absolute atomic E-state index is 0.0788. The summed E-state index contributed by atoms with van der Waals surface area (Å²) < 4.78 is 14.6. The van der Waals surface area contributed by atoms with Crippen molar-refractivity contribution in [2.24, 2.45) is 0 Å². The zero-order chi connectivity index (χ0) is 15.2. The summed E-state index contributed by atoms with van der Waals surface area (Å²) in [6.45, 7) is 9.84. The summed E-state index contributed by atoms with van der Waals surface area (Å²) in [5, 5.41) is 10.8.